The van der Waals surface area contributed by atoms with Gasteiger partial charge in [-0.3, -0.25) is 5.10 Å². The molecule has 0 unspecified atom stereocenters. The fourth-order valence-electron chi connectivity index (χ4n) is 1.69. The van der Waals surface area contributed by atoms with Crippen molar-refractivity contribution in [2.75, 3.05) is 0 Å². The monoisotopic (exact) mass is 215 g/mol. The number of aromatic amines is 1. The maximum absolute atomic E-state index is 12.7. The average Bonchev–Trinajstić information content (AvgIpc) is 2.48. The third-order valence-corrected chi connectivity index (χ3v) is 2.32. The van der Waals surface area contributed by atoms with Crippen molar-refractivity contribution >= 4 is 11.0 Å². The van der Waals surface area contributed by atoms with Gasteiger partial charge in [-0.2, -0.15) is 18.3 Å². The lowest BCUT2D eigenvalue weighted by molar-refractivity contribution is -0.138. The lowest BCUT2D eigenvalue weighted by Crippen LogP contribution is -2.11. The second kappa shape index (κ2) is 2.95. The van der Waals surface area contributed by atoms with Gasteiger partial charge >= 0.3 is 6.18 Å². The molecule has 3 nitrogen and oxygen atoms in total. The molecule has 0 radical (unpaired) electrons. The molecule has 1 N–H and O–H groups in total. The molecule has 15 heavy (non-hydrogen) atoms. The number of aryl methyl sites for hydroxylation is 2. The van der Waals surface area contributed by atoms with Gasteiger partial charge in [-0.15, -0.1) is 0 Å². The molecule has 0 spiro atoms. The molecule has 2 aromatic rings. The minimum absolute atomic E-state index is 0.0308. The van der Waals surface area contributed by atoms with Crippen LogP contribution in [-0.2, 0) is 6.18 Å². The van der Waals surface area contributed by atoms with Crippen molar-refractivity contribution in [2.45, 2.75) is 20.0 Å². The number of pyridine rings is 1. The predicted octanol–water partition coefficient (Wildman–Crippen LogP) is 2.59. The topological polar surface area (TPSA) is 41.6 Å². The summed E-state index contributed by atoms with van der Waals surface area (Å²) in [6, 6.07) is 0. The zero-order chi connectivity index (χ0) is 11.2. The summed E-state index contributed by atoms with van der Waals surface area (Å²) in [6.45, 7) is 2.77. The number of nitrogens with zero attached hydrogens (tertiary/aromatic N) is 2. The molecule has 0 saturated heterocycles. The van der Waals surface area contributed by atoms with Gasteiger partial charge in [0.05, 0.1) is 17.5 Å². The second-order valence-corrected chi connectivity index (χ2v) is 3.33. The molecule has 2 rings (SSSR count). The summed E-state index contributed by atoms with van der Waals surface area (Å²) in [6.07, 6.45) is -3.01. The molecule has 6 heteroatoms. The van der Waals surface area contributed by atoms with Crippen molar-refractivity contribution in [3.8, 4) is 0 Å². The molecule has 0 amide bonds. The van der Waals surface area contributed by atoms with Crippen LogP contribution in [0.15, 0.2) is 6.20 Å². The predicted molar refractivity (Wildman–Crippen MR) is 48.4 cm³/mol. The Balaban J connectivity index is 2.84. The number of rotatable bonds is 0. The molecular weight excluding hydrogens is 207 g/mol. The molecule has 0 aliphatic rings. The Hall–Kier alpha value is -1.59. The third kappa shape index (κ3) is 1.45. The minimum Gasteiger partial charge on any atom is -0.261 e. The number of hydrogen-bond donors (Lipinski definition) is 1. The summed E-state index contributed by atoms with van der Waals surface area (Å²) in [7, 11) is 0. The normalized spacial score (nSPS) is 12.3. The van der Waals surface area contributed by atoms with E-state index in [2.05, 4.69) is 15.2 Å². The number of alkyl halides is 3. The van der Waals surface area contributed by atoms with E-state index < -0.39 is 11.7 Å². The van der Waals surface area contributed by atoms with Gasteiger partial charge in [0.15, 0.2) is 5.65 Å². The summed E-state index contributed by atoms with van der Waals surface area (Å²) in [4.78, 5) is 3.82. The molecule has 0 saturated carbocycles. The molecule has 80 valence electrons. The van der Waals surface area contributed by atoms with Crippen molar-refractivity contribution in [1.29, 1.82) is 0 Å². The highest BCUT2D eigenvalue weighted by atomic mass is 19.4. The van der Waals surface area contributed by atoms with Crippen LogP contribution in [0.25, 0.3) is 11.0 Å². The van der Waals surface area contributed by atoms with E-state index in [0.717, 1.165) is 0 Å². The molecular formula is C9H8F3N3. The Morgan fingerprint density at radius 3 is 2.53 bits per heavy atom. The van der Waals surface area contributed by atoms with Gasteiger partial charge in [0.1, 0.15) is 0 Å². The van der Waals surface area contributed by atoms with Crippen LogP contribution in [0.4, 0.5) is 13.2 Å². The number of fused-ring (bicyclic) bond motifs is 1. The number of nitrogens with one attached hydrogen (secondary N) is 1. The van der Waals surface area contributed by atoms with Crippen LogP contribution in [-0.4, -0.2) is 15.2 Å². The van der Waals surface area contributed by atoms with Crippen molar-refractivity contribution in [1.82, 2.24) is 15.2 Å². The molecule has 0 bridgehead atoms. The van der Waals surface area contributed by atoms with Gasteiger partial charge in [-0.05, 0) is 19.4 Å². The zero-order valence-corrected chi connectivity index (χ0v) is 8.11. The third-order valence-electron chi connectivity index (χ3n) is 2.32. The SMILES string of the molecule is Cc1nc2[nH]ncc2c(C)c1C(F)(F)F. The summed E-state index contributed by atoms with van der Waals surface area (Å²) in [5.74, 6) is 0. The van der Waals surface area contributed by atoms with E-state index >= 15 is 0 Å². The minimum atomic E-state index is -4.37. The van der Waals surface area contributed by atoms with E-state index in [9.17, 15) is 13.2 Å². The van der Waals surface area contributed by atoms with Gasteiger partial charge in [-0.1, -0.05) is 0 Å². The first-order chi connectivity index (χ1) is 6.91. The van der Waals surface area contributed by atoms with E-state index in [1.807, 2.05) is 0 Å². The molecule has 0 aliphatic heterocycles. The fourth-order valence-corrected chi connectivity index (χ4v) is 1.69. The van der Waals surface area contributed by atoms with E-state index in [-0.39, 0.29) is 11.3 Å². The van der Waals surface area contributed by atoms with Crippen LogP contribution in [0.2, 0.25) is 0 Å². The number of H-pyrrole nitrogens is 1. The van der Waals surface area contributed by atoms with E-state index in [0.29, 0.717) is 11.0 Å². The Morgan fingerprint density at radius 1 is 1.27 bits per heavy atom. The smallest absolute Gasteiger partial charge is 0.261 e. The number of aromatic nitrogens is 3. The van der Waals surface area contributed by atoms with Crippen LogP contribution >= 0.6 is 0 Å². The number of halogens is 3. The Bertz CT molecular complexity index is 513. The Labute approximate surface area is 83.3 Å². The lowest BCUT2D eigenvalue weighted by atomic mass is 10.1. The second-order valence-electron chi connectivity index (χ2n) is 3.33. The lowest BCUT2D eigenvalue weighted by Gasteiger charge is -2.12. The van der Waals surface area contributed by atoms with Crippen LogP contribution in [0.3, 0.4) is 0 Å². The zero-order valence-electron chi connectivity index (χ0n) is 8.11. The molecule has 0 aliphatic carbocycles. The standard InChI is InChI=1S/C9H8F3N3/c1-4-6-3-13-15-8(6)14-5(2)7(4)9(10,11)12/h3H,1-2H3,(H,13,14,15). The largest absolute Gasteiger partial charge is 0.418 e. The molecule has 0 atom stereocenters. The van der Waals surface area contributed by atoms with Crippen molar-refractivity contribution < 1.29 is 13.2 Å². The van der Waals surface area contributed by atoms with Gasteiger partial charge in [0.25, 0.3) is 0 Å². The summed E-state index contributed by atoms with van der Waals surface area (Å²) in [5, 5.41) is 6.63. The highest BCUT2D eigenvalue weighted by Crippen LogP contribution is 2.35. The van der Waals surface area contributed by atoms with Crippen LogP contribution in [0.5, 0.6) is 0 Å². The molecule has 0 fully saturated rings. The Morgan fingerprint density at radius 2 is 1.93 bits per heavy atom. The van der Waals surface area contributed by atoms with Crippen molar-refractivity contribution in [2.24, 2.45) is 0 Å². The molecule has 2 aromatic heterocycles. The van der Waals surface area contributed by atoms with E-state index in [1.165, 1.54) is 20.0 Å². The van der Waals surface area contributed by atoms with Gasteiger partial charge in [-0.25, -0.2) is 4.98 Å². The molecule has 0 aromatic carbocycles. The summed E-state index contributed by atoms with van der Waals surface area (Å²) < 4.78 is 38.0. The Kier molecular flexibility index (Phi) is 1.95. The first kappa shape index (κ1) is 9.95. The fraction of sp³-hybridized carbons (Fsp3) is 0.333. The first-order valence-corrected chi connectivity index (χ1v) is 4.28. The maximum atomic E-state index is 12.7. The van der Waals surface area contributed by atoms with E-state index in [1.54, 1.807) is 0 Å². The summed E-state index contributed by atoms with van der Waals surface area (Å²) >= 11 is 0. The number of hydrogen-bond acceptors (Lipinski definition) is 2. The quantitative estimate of drug-likeness (QED) is 0.733. The first-order valence-electron chi connectivity index (χ1n) is 4.28. The molecule has 2 heterocycles. The summed E-state index contributed by atoms with van der Waals surface area (Å²) in [5.41, 5.74) is -0.148. The van der Waals surface area contributed by atoms with Gasteiger partial charge in [0.2, 0.25) is 0 Å². The van der Waals surface area contributed by atoms with Crippen LogP contribution < -0.4 is 0 Å². The van der Waals surface area contributed by atoms with Crippen LogP contribution in [0.1, 0.15) is 16.8 Å². The highest BCUT2D eigenvalue weighted by molar-refractivity contribution is 5.79. The van der Waals surface area contributed by atoms with Gasteiger partial charge < -0.3 is 0 Å². The average molecular weight is 215 g/mol. The highest BCUT2D eigenvalue weighted by Gasteiger charge is 2.35. The van der Waals surface area contributed by atoms with Crippen molar-refractivity contribution in [3.05, 3.63) is 23.0 Å². The maximum Gasteiger partial charge on any atom is 0.418 e. The van der Waals surface area contributed by atoms with Crippen LogP contribution in [0, 0.1) is 13.8 Å². The van der Waals surface area contributed by atoms with Gasteiger partial charge in [0, 0.05) is 5.39 Å². The van der Waals surface area contributed by atoms with E-state index in [4.69, 9.17) is 0 Å². The van der Waals surface area contributed by atoms with Crippen molar-refractivity contribution in [3.63, 3.8) is 0 Å².